The Balaban J connectivity index is 2.07. The van der Waals surface area contributed by atoms with E-state index in [1.165, 1.54) is 6.08 Å². The highest BCUT2D eigenvalue weighted by molar-refractivity contribution is 6.01. The first-order chi connectivity index (χ1) is 8.60. The number of rotatable bonds is 2. The Morgan fingerprint density at radius 2 is 2.22 bits per heavy atom. The molecule has 0 aromatic carbocycles. The minimum Gasteiger partial charge on any atom is -0.394 e. The van der Waals surface area contributed by atoms with Crippen LogP contribution in [0.25, 0.3) is 0 Å². The van der Waals surface area contributed by atoms with E-state index in [0.717, 1.165) is 0 Å². The Bertz CT molecular complexity index is 367. The fourth-order valence-corrected chi connectivity index (χ4v) is 2.40. The zero-order valence-electron chi connectivity index (χ0n) is 9.91. The maximum Gasteiger partial charge on any atom is 0.250 e. The SMILES string of the molecule is O=C1/C=C\C([C@@H]2O[C@H](CO)C[C@H]2O)CCC(=O)N1. The zero-order chi connectivity index (χ0) is 13.1. The number of ether oxygens (including phenoxy) is 1. The summed E-state index contributed by atoms with van der Waals surface area (Å²) >= 11 is 0. The van der Waals surface area contributed by atoms with Gasteiger partial charge in [-0.1, -0.05) is 6.08 Å². The molecule has 3 N–H and O–H groups in total. The maximum atomic E-state index is 11.3. The van der Waals surface area contributed by atoms with Crippen molar-refractivity contribution in [2.24, 2.45) is 5.92 Å². The minimum absolute atomic E-state index is 0.136. The van der Waals surface area contributed by atoms with E-state index in [2.05, 4.69) is 5.32 Å². The van der Waals surface area contributed by atoms with Crippen LogP contribution in [0.5, 0.6) is 0 Å². The number of nitrogens with one attached hydrogen (secondary N) is 1. The van der Waals surface area contributed by atoms with Gasteiger partial charge in [-0.2, -0.15) is 0 Å². The minimum atomic E-state index is -0.672. The highest BCUT2D eigenvalue weighted by atomic mass is 16.5. The van der Waals surface area contributed by atoms with Gasteiger partial charge in [0.05, 0.1) is 24.9 Å². The number of imide groups is 1. The van der Waals surface area contributed by atoms with Gasteiger partial charge in [0.15, 0.2) is 0 Å². The van der Waals surface area contributed by atoms with E-state index in [1.54, 1.807) is 6.08 Å². The molecule has 6 nitrogen and oxygen atoms in total. The Kier molecular flexibility index (Phi) is 4.11. The fraction of sp³-hybridized carbons (Fsp3) is 0.667. The number of amides is 2. The predicted molar refractivity (Wildman–Crippen MR) is 61.4 cm³/mol. The molecule has 1 unspecified atom stereocenters. The average molecular weight is 255 g/mol. The van der Waals surface area contributed by atoms with Crippen molar-refractivity contribution >= 4 is 11.8 Å². The third-order valence-electron chi connectivity index (χ3n) is 3.32. The van der Waals surface area contributed by atoms with Crippen molar-refractivity contribution in [2.45, 2.75) is 37.6 Å². The molecule has 2 rings (SSSR count). The summed E-state index contributed by atoms with van der Waals surface area (Å²) in [5, 5.41) is 21.1. The van der Waals surface area contributed by atoms with E-state index in [0.29, 0.717) is 12.8 Å². The van der Waals surface area contributed by atoms with Crippen molar-refractivity contribution < 1.29 is 24.5 Å². The summed E-state index contributed by atoms with van der Waals surface area (Å²) in [6.45, 7) is -0.136. The van der Waals surface area contributed by atoms with E-state index in [-0.39, 0.29) is 31.0 Å². The Morgan fingerprint density at radius 1 is 1.44 bits per heavy atom. The van der Waals surface area contributed by atoms with E-state index in [1.807, 2.05) is 0 Å². The predicted octanol–water partition coefficient (Wildman–Crippen LogP) is -0.894. The van der Waals surface area contributed by atoms with E-state index in [9.17, 15) is 14.7 Å². The van der Waals surface area contributed by atoms with E-state index >= 15 is 0 Å². The van der Waals surface area contributed by atoms with E-state index in [4.69, 9.17) is 9.84 Å². The lowest BCUT2D eigenvalue weighted by atomic mass is 9.91. The standard InChI is InChI=1S/C12H17NO5/c14-6-8-5-9(15)12(18-8)7-1-3-10(16)13-11(17)4-2-7/h1,3,7-9,12,14-15H,2,4-6H2,(H,13,16,17)/b3-1-/t7?,8-,9+,12-/m0/s1. The number of hydrogen-bond acceptors (Lipinski definition) is 5. The molecule has 1 fully saturated rings. The smallest absolute Gasteiger partial charge is 0.250 e. The number of aliphatic hydroxyl groups is 2. The molecule has 1 saturated heterocycles. The van der Waals surface area contributed by atoms with Gasteiger partial charge in [-0.3, -0.25) is 14.9 Å². The van der Waals surface area contributed by atoms with Crippen LogP contribution < -0.4 is 5.32 Å². The Morgan fingerprint density at radius 3 is 2.89 bits per heavy atom. The molecule has 4 atom stereocenters. The molecule has 6 heteroatoms. The summed E-state index contributed by atoms with van der Waals surface area (Å²) in [5.74, 6) is -0.956. The van der Waals surface area contributed by atoms with Gasteiger partial charge in [-0.25, -0.2) is 0 Å². The van der Waals surface area contributed by atoms with Crippen molar-refractivity contribution in [1.82, 2.24) is 5.32 Å². The molecular formula is C12H17NO5. The Labute approximate surface area is 105 Å². The van der Waals surface area contributed by atoms with Crippen molar-refractivity contribution in [3.8, 4) is 0 Å². The summed E-state index contributed by atoms with van der Waals surface area (Å²) < 4.78 is 5.53. The molecule has 2 aliphatic rings. The van der Waals surface area contributed by atoms with E-state index < -0.39 is 18.1 Å². The summed E-state index contributed by atoms with van der Waals surface area (Å²) in [7, 11) is 0. The average Bonchev–Trinajstić information content (AvgIpc) is 2.68. The van der Waals surface area contributed by atoms with Crippen LogP contribution in [0.1, 0.15) is 19.3 Å². The zero-order valence-corrected chi connectivity index (χ0v) is 9.91. The molecule has 0 aromatic rings. The lowest BCUT2D eigenvalue weighted by Gasteiger charge is -2.23. The molecule has 0 bridgehead atoms. The molecule has 0 aliphatic carbocycles. The van der Waals surface area contributed by atoms with Crippen molar-refractivity contribution in [2.75, 3.05) is 6.61 Å². The summed E-state index contributed by atoms with van der Waals surface area (Å²) in [6, 6.07) is 0. The van der Waals surface area contributed by atoms with Crippen LogP contribution in [0.4, 0.5) is 0 Å². The Hall–Kier alpha value is -1.24. The second kappa shape index (κ2) is 5.60. The monoisotopic (exact) mass is 255 g/mol. The second-order valence-electron chi connectivity index (χ2n) is 4.68. The van der Waals surface area contributed by atoms with Gasteiger partial charge in [0.2, 0.25) is 11.8 Å². The van der Waals surface area contributed by atoms with Gasteiger partial charge in [0.1, 0.15) is 0 Å². The van der Waals surface area contributed by atoms with Crippen LogP contribution in [-0.4, -0.2) is 46.9 Å². The molecular weight excluding hydrogens is 238 g/mol. The third-order valence-corrected chi connectivity index (χ3v) is 3.32. The van der Waals surface area contributed by atoms with Gasteiger partial charge >= 0.3 is 0 Å². The summed E-state index contributed by atoms with van der Waals surface area (Å²) in [5.41, 5.74) is 0. The first-order valence-corrected chi connectivity index (χ1v) is 6.06. The molecule has 2 heterocycles. The van der Waals surface area contributed by atoms with Crippen LogP contribution in [-0.2, 0) is 14.3 Å². The lowest BCUT2D eigenvalue weighted by molar-refractivity contribution is -0.128. The molecule has 0 aromatic heterocycles. The lowest BCUT2D eigenvalue weighted by Crippen LogP contribution is -2.35. The first-order valence-electron chi connectivity index (χ1n) is 6.06. The first kappa shape index (κ1) is 13.2. The quantitative estimate of drug-likeness (QED) is 0.556. The largest absolute Gasteiger partial charge is 0.394 e. The maximum absolute atomic E-state index is 11.3. The van der Waals surface area contributed by atoms with Crippen LogP contribution >= 0.6 is 0 Å². The fourth-order valence-electron chi connectivity index (χ4n) is 2.40. The van der Waals surface area contributed by atoms with Gasteiger partial charge in [-0.15, -0.1) is 0 Å². The molecule has 2 amide bonds. The van der Waals surface area contributed by atoms with Crippen LogP contribution in [0.15, 0.2) is 12.2 Å². The van der Waals surface area contributed by atoms with Crippen molar-refractivity contribution in [1.29, 1.82) is 0 Å². The molecule has 0 radical (unpaired) electrons. The van der Waals surface area contributed by atoms with Gasteiger partial charge in [0, 0.05) is 18.8 Å². The van der Waals surface area contributed by atoms with Gasteiger partial charge in [0.25, 0.3) is 0 Å². The topological polar surface area (TPSA) is 95.9 Å². The number of aliphatic hydroxyl groups excluding tert-OH is 2. The molecule has 0 saturated carbocycles. The van der Waals surface area contributed by atoms with Gasteiger partial charge < -0.3 is 14.9 Å². The van der Waals surface area contributed by atoms with Crippen LogP contribution in [0.2, 0.25) is 0 Å². The molecule has 18 heavy (non-hydrogen) atoms. The van der Waals surface area contributed by atoms with Crippen LogP contribution in [0, 0.1) is 5.92 Å². The molecule has 0 spiro atoms. The summed E-state index contributed by atoms with van der Waals surface area (Å²) in [4.78, 5) is 22.5. The highest BCUT2D eigenvalue weighted by Crippen LogP contribution is 2.29. The van der Waals surface area contributed by atoms with Gasteiger partial charge in [-0.05, 0) is 12.5 Å². The summed E-state index contributed by atoms with van der Waals surface area (Å²) in [6.07, 6.45) is 2.57. The number of carbonyl (C=O) groups excluding carboxylic acids is 2. The highest BCUT2D eigenvalue weighted by Gasteiger charge is 2.38. The number of hydrogen-bond donors (Lipinski definition) is 3. The normalized spacial score (nSPS) is 39.0. The van der Waals surface area contributed by atoms with Crippen LogP contribution in [0.3, 0.4) is 0 Å². The second-order valence-corrected chi connectivity index (χ2v) is 4.68. The molecule has 100 valence electrons. The third kappa shape index (κ3) is 2.95. The molecule has 2 aliphatic heterocycles. The van der Waals surface area contributed by atoms with Crippen molar-refractivity contribution in [3.05, 3.63) is 12.2 Å². The number of carbonyl (C=O) groups is 2. The van der Waals surface area contributed by atoms with Crippen molar-refractivity contribution in [3.63, 3.8) is 0 Å².